The van der Waals surface area contributed by atoms with Crippen LogP contribution in [0.15, 0.2) is 0 Å². The first kappa shape index (κ1) is 13.8. The van der Waals surface area contributed by atoms with Crippen LogP contribution < -0.4 is 11.1 Å². The zero-order valence-corrected chi connectivity index (χ0v) is 11.1. The van der Waals surface area contributed by atoms with E-state index >= 15 is 0 Å². The molecule has 0 radical (unpaired) electrons. The summed E-state index contributed by atoms with van der Waals surface area (Å²) in [5, 5.41) is 4.18. The number of hydrogen-bond acceptors (Lipinski definition) is 4. The van der Waals surface area contributed by atoms with E-state index in [1.54, 1.807) is 0 Å². The van der Waals surface area contributed by atoms with Crippen molar-refractivity contribution >= 4 is 17.7 Å². The average molecular weight is 246 g/mol. The van der Waals surface area contributed by atoms with Crippen molar-refractivity contribution in [2.45, 2.75) is 43.2 Å². The Morgan fingerprint density at radius 1 is 1.69 bits per heavy atom. The predicted octanol–water partition coefficient (Wildman–Crippen LogP) is 0.750. The molecule has 1 saturated heterocycles. The van der Waals surface area contributed by atoms with Crippen molar-refractivity contribution < 1.29 is 9.53 Å². The molecule has 0 aliphatic carbocycles. The molecule has 5 heteroatoms. The second-order valence-electron chi connectivity index (χ2n) is 4.54. The molecule has 1 heterocycles. The summed E-state index contributed by atoms with van der Waals surface area (Å²) in [7, 11) is 0. The lowest BCUT2D eigenvalue weighted by Gasteiger charge is -2.33. The van der Waals surface area contributed by atoms with Gasteiger partial charge in [-0.15, -0.1) is 0 Å². The third-order valence-electron chi connectivity index (χ3n) is 2.84. The summed E-state index contributed by atoms with van der Waals surface area (Å²) < 4.78 is 5.13. The second-order valence-corrected chi connectivity index (χ2v) is 6.28. The standard InChI is InChI=1S/C11H22N2O2S/c1-4-13-11(3,10(12)14)5-8(2)16-9-6-15-7-9/h8-9,13H,4-7H2,1-3H3,(H2,12,14). The van der Waals surface area contributed by atoms with Gasteiger partial charge in [-0.2, -0.15) is 11.8 Å². The van der Waals surface area contributed by atoms with E-state index in [0.29, 0.717) is 10.5 Å². The van der Waals surface area contributed by atoms with Crippen LogP contribution in [0.5, 0.6) is 0 Å². The number of primary amides is 1. The van der Waals surface area contributed by atoms with Gasteiger partial charge in [0.05, 0.1) is 24.0 Å². The summed E-state index contributed by atoms with van der Waals surface area (Å²) in [4.78, 5) is 11.4. The van der Waals surface area contributed by atoms with Crippen molar-refractivity contribution in [1.29, 1.82) is 0 Å². The van der Waals surface area contributed by atoms with E-state index in [2.05, 4.69) is 12.2 Å². The topological polar surface area (TPSA) is 64.3 Å². The zero-order valence-electron chi connectivity index (χ0n) is 10.3. The molecule has 0 aromatic carbocycles. The minimum atomic E-state index is -0.591. The van der Waals surface area contributed by atoms with Gasteiger partial charge in [0.1, 0.15) is 0 Å². The van der Waals surface area contributed by atoms with E-state index in [0.717, 1.165) is 26.2 Å². The molecule has 2 atom stereocenters. The highest BCUT2D eigenvalue weighted by atomic mass is 32.2. The first-order valence-corrected chi connectivity index (χ1v) is 6.70. The van der Waals surface area contributed by atoms with Gasteiger partial charge in [0.2, 0.25) is 5.91 Å². The first-order chi connectivity index (χ1) is 7.48. The van der Waals surface area contributed by atoms with E-state index in [9.17, 15) is 4.79 Å². The van der Waals surface area contributed by atoms with Gasteiger partial charge >= 0.3 is 0 Å². The summed E-state index contributed by atoms with van der Waals surface area (Å²) in [6.45, 7) is 8.43. The quantitative estimate of drug-likeness (QED) is 0.696. The summed E-state index contributed by atoms with van der Waals surface area (Å²) in [6.07, 6.45) is 0.761. The summed E-state index contributed by atoms with van der Waals surface area (Å²) in [6, 6.07) is 0. The molecule has 0 spiro atoms. The van der Waals surface area contributed by atoms with Gasteiger partial charge in [-0.05, 0) is 19.9 Å². The van der Waals surface area contributed by atoms with Gasteiger partial charge in [0, 0.05) is 5.25 Å². The Labute approximate surface area is 102 Å². The van der Waals surface area contributed by atoms with Crippen LogP contribution in [-0.4, -0.2) is 41.7 Å². The summed E-state index contributed by atoms with van der Waals surface area (Å²) in [5.74, 6) is -0.272. The van der Waals surface area contributed by atoms with Gasteiger partial charge in [0.25, 0.3) is 0 Å². The molecule has 1 aliphatic rings. The van der Waals surface area contributed by atoms with Crippen LogP contribution in [0.2, 0.25) is 0 Å². The number of thioether (sulfide) groups is 1. The molecule has 0 aromatic heterocycles. The molecular formula is C11H22N2O2S. The molecule has 1 rings (SSSR count). The van der Waals surface area contributed by atoms with Gasteiger partial charge in [-0.3, -0.25) is 4.79 Å². The second kappa shape index (κ2) is 5.89. The van der Waals surface area contributed by atoms with Crippen LogP contribution in [0.1, 0.15) is 27.2 Å². The van der Waals surface area contributed by atoms with Crippen LogP contribution in [0.4, 0.5) is 0 Å². The van der Waals surface area contributed by atoms with Crippen molar-refractivity contribution in [3.8, 4) is 0 Å². The smallest absolute Gasteiger partial charge is 0.237 e. The molecule has 2 unspecified atom stereocenters. The molecule has 1 aliphatic heterocycles. The SMILES string of the molecule is CCNC(C)(CC(C)SC1COC1)C(N)=O. The first-order valence-electron chi connectivity index (χ1n) is 5.76. The minimum Gasteiger partial charge on any atom is -0.379 e. The molecule has 94 valence electrons. The molecular weight excluding hydrogens is 224 g/mol. The maximum absolute atomic E-state index is 11.4. The number of rotatable bonds is 7. The average Bonchev–Trinajstić information content (AvgIpc) is 2.11. The fraction of sp³-hybridized carbons (Fsp3) is 0.909. The Hall–Kier alpha value is -0.260. The Kier molecular flexibility index (Phi) is 5.08. The Morgan fingerprint density at radius 2 is 2.31 bits per heavy atom. The number of hydrogen-bond donors (Lipinski definition) is 2. The van der Waals surface area contributed by atoms with Gasteiger partial charge < -0.3 is 15.8 Å². The largest absolute Gasteiger partial charge is 0.379 e. The van der Waals surface area contributed by atoms with E-state index < -0.39 is 5.54 Å². The fourth-order valence-electron chi connectivity index (χ4n) is 1.89. The van der Waals surface area contributed by atoms with Crippen molar-refractivity contribution in [1.82, 2.24) is 5.32 Å². The third-order valence-corrected chi connectivity index (χ3v) is 4.13. The highest BCUT2D eigenvalue weighted by Crippen LogP contribution is 2.28. The van der Waals surface area contributed by atoms with Crippen molar-refractivity contribution in [3.63, 3.8) is 0 Å². The van der Waals surface area contributed by atoms with E-state index in [1.807, 2.05) is 25.6 Å². The van der Waals surface area contributed by atoms with E-state index in [1.165, 1.54) is 0 Å². The molecule has 1 amide bonds. The lowest BCUT2D eigenvalue weighted by molar-refractivity contribution is -0.124. The van der Waals surface area contributed by atoms with Gasteiger partial charge in [-0.25, -0.2) is 0 Å². The van der Waals surface area contributed by atoms with Gasteiger partial charge in [-0.1, -0.05) is 13.8 Å². The van der Waals surface area contributed by atoms with Crippen LogP contribution in [0, 0.1) is 0 Å². The Morgan fingerprint density at radius 3 is 2.69 bits per heavy atom. The molecule has 4 nitrogen and oxygen atoms in total. The number of ether oxygens (including phenoxy) is 1. The maximum Gasteiger partial charge on any atom is 0.237 e. The highest BCUT2D eigenvalue weighted by molar-refractivity contribution is 8.00. The molecule has 0 bridgehead atoms. The van der Waals surface area contributed by atoms with Crippen LogP contribution in [0.25, 0.3) is 0 Å². The summed E-state index contributed by atoms with van der Waals surface area (Å²) in [5.41, 5.74) is 4.86. The molecule has 16 heavy (non-hydrogen) atoms. The van der Waals surface area contributed by atoms with Crippen molar-refractivity contribution in [3.05, 3.63) is 0 Å². The number of carbonyl (C=O) groups is 1. The molecule has 3 N–H and O–H groups in total. The number of nitrogens with one attached hydrogen (secondary N) is 1. The zero-order chi connectivity index (χ0) is 12.2. The minimum absolute atomic E-state index is 0.272. The number of nitrogens with two attached hydrogens (primary N) is 1. The van der Waals surface area contributed by atoms with Gasteiger partial charge in [0.15, 0.2) is 0 Å². The lowest BCUT2D eigenvalue weighted by Crippen LogP contribution is -2.54. The third kappa shape index (κ3) is 3.64. The maximum atomic E-state index is 11.4. The molecule has 0 aromatic rings. The normalized spacial score (nSPS) is 22.2. The number of likely N-dealkylation sites (N-methyl/N-ethyl adjacent to an activating group) is 1. The Balaban J connectivity index is 2.43. The number of carbonyl (C=O) groups excluding carboxylic acids is 1. The lowest BCUT2D eigenvalue weighted by atomic mass is 9.95. The van der Waals surface area contributed by atoms with Crippen molar-refractivity contribution in [2.75, 3.05) is 19.8 Å². The highest BCUT2D eigenvalue weighted by Gasteiger charge is 2.33. The van der Waals surface area contributed by atoms with Crippen LogP contribution >= 0.6 is 11.8 Å². The van der Waals surface area contributed by atoms with E-state index in [-0.39, 0.29) is 5.91 Å². The van der Waals surface area contributed by atoms with E-state index in [4.69, 9.17) is 10.5 Å². The fourth-order valence-corrected chi connectivity index (χ4v) is 3.33. The monoisotopic (exact) mass is 246 g/mol. The van der Waals surface area contributed by atoms with Crippen LogP contribution in [0.3, 0.4) is 0 Å². The van der Waals surface area contributed by atoms with Crippen LogP contribution in [-0.2, 0) is 9.53 Å². The molecule has 1 fully saturated rings. The summed E-state index contributed by atoms with van der Waals surface area (Å²) >= 11 is 1.88. The van der Waals surface area contributed by atoms with Crippen molar-refractivity contribution in [2.24, 2.45) is 5.73 Å². The Bertz CT molecular complexity index is 246. The molecule has 0 saturated carbocycles. The predicted molar refractivity (Wildman–Crippen MR) is 67.6 cm³/mol. The number of amides is 1.